The molecule has 2 aromatic rings. The predicted molar refractivity (Wildman–Crippen MR) is 49.6 cm³/mol. The Morgan fingerprint density at radius 2 is 2.18 bits per heavy atom. The summed E-state index contributed by atoms with van der Waals surface area (Å²) in [5.74, 6) is 0. The van der Waals surface area contributed by atoms with Gasteiger partial charge in [-0.3, -0.25) is 0 Å². The van der Waals surface area contributed by atoms with Crippen LogP contribution >= 0.6 is 34.5 Å². The zero-order valence-corrected chi connectivity index (χ0v) is 7.67. The number of halogens is 2. The largest absolute Gasteiger partial charge is 0.243 e. The van der Waals surface area contributed by atoms with E-state index in [0.29, 0.717) is 5.15 Å². The van der Waals surface area contributed by atoms with Crippen molar-refractivity contribution in [2.75, 3.05) is 0 Å². The second kappa shape index (κ2) is 2.63. The highest BCUT2D eigenvalue weighted by molar-refractivity contribution is 7.23. The van der Waals surface area contributed by atoms with Crippen molar-refractivity contribution >= 4 is 44.6 Å². The Kier molecular flexibility index (Phi) is 1.75. The van der Waals surface area contributed by atoms with Gasteiger partial charge in [-0.15, -0.1) is 11.3 Å². The molecular formula is C7H3Cl2NS. The SMILES string of the molecule is Clc1cc2ccnc(Cl)c2s1. The summed E-state index contributed by atoms with van der Waals surface area (Å²) < 4.78 is 1.70. The quantitative estimate of drug-likeness (QED) is 0.597. The lowest BCUT2D eigenvalue weighted by atomic mass is 10.3. The molecule has 4 heteroatoms. The number of fused-ring (bicyclic) bond motifs is 1. The first-order chi connectivity index (χ1) is 5.27. The van der Waals surface area contributed by atoms with Crippen molar-refractivity contribution in [3.8, 4) is 0 Å². The Bertz CT molecular complexity index is 396. The zero-order valence-electron chi connectivity index (χ0n) is 5.34. The summed E-state index contributed by atoms with van der Waals surface area (Å²) in [6, 6.07) is 3.78. The summed E-state index contributed by atoms with van der Waals surface area (Å²) in [7, 11) is 0. The first-order valence-corrected chi connectivity index (χ1v) is 4.54. The van der Waals surface area contributed by atoms with Gasteiger partial charge in [-0.05, 0) is 17.5 Å². The molecule has 11 heavy (non-hydrogen) atoms. The van der Waals surface area contributed by atoms with Crippen molar-refractivity contribution in [1.82, 2.24) is 4.98 Å². The normalized spacial score (nSPS) is 10.7. The molecule has 0 aliphatic carbocycles. The molecule has 0 atom stereocenters. The molecule has 0 spiro atoms. The predicted octanol–water partition coefficient (Wildman–Crippen LogP) is 3.60. The molecule has 56 valence electrons. The summed E-state index contributed by atoms with van der Waals surface area (Å²) in [5, 5.41) is 1.58. The molecule has 0 aromatic carbocycles. The molecule has 0 aliphatic heterocycles. The fourth-order valence-electron chi connectivity index (χ4n) is 0.900. The van der Waals surface area contributed by atoms with E-state index in [9.17, 15) is 0 Å². The summed E-state index contributed by atoms with van der Waals surface area (Å²) in [4.78, 5) is 3.94. The van der Waals surface area contributed by atoms with Gasteiger partial charge in [0.15, 0.2) is 0 Å². The Labute approximate surface area is 77.6 Å². The number of rotatable bonds is 0. The van der Waals surface area contributed by atoms with Crippen LogP contribution in [-0.2, 0) is 0 Å². The van der Waals surface area contributed by atoms with Gasteiger partial charge in [0.2, 0.25) is 0 Å². The molecule has 0 aliphatic rings. The monoisotopic (exact) mass is 203 g/mol. The molecule has 0 saturated carbocycles. The Morgan fingerprint density at radius 3 is 2.91 bits per heavy atom. The van der Waals surface area contributed by atoms with Gasteiger partial charge >= 0.3 is 0 Å². The van der Waals surface area contributed by atoms with Crippen LogP contribution in [0, 0.1) is 0 Å². The second-order valence-electron chi connectivity index (χ2n) is 2.07. The van der Waals surface area contributed by atoms with Gasteiger partial charge < -0.3 is 0 Å². The van der Waals surface area contributed by atoms with Crippen molar-refractivity contribution in [2.45, 2.75) is 0 Å². The van der Waals surface area contributed by atoms with E-state index in [1.54, 1.807) is 6.20 Å². The maximum atomic E-state index is 5.81. The van der Waals surface area contributed by atoms with Gasteiger partial charge in [0.25, 0.3) is 0 Å². The standard InChI is InChI=1S/C7H3Cl2NS/c8-5-3-4-1-2-10-7(9)6(4)11-5/h1-3H. The van der Waals surface area contributed by atoms with Crippen LogP contribution in [0.15, 0.2) is 18.3 Å². The van der Waals surface area contributed by atoms with Gasteiger partial charge in [0.1, 0.15) is 5.15 Å². The van der Waals surface area contributed by atoms with Crippen LogP contribution in [0.2, 0.25) is 9.49 Å². The lowest BCUT2D eigenvalue weighted by molar-refractivity contribution is 1.37. The Balaban J connectivity index is 2.90. The van der Waals surface area contributed by atoms with Crippen molar-refractivity contribution in [3.63, 3.8) is 0 Å². The summed E-state index contributed by atoms with van der Waals surface area (Å²) in [6.45, 7) is 0. The fraction of sp³-hybridized carbons (Fsp3) is 0. The van der Waals surface area contributed by atoms with E-state index in [-0.39, 0.29) is 0 Å². The number of hydrogen-bond acceptors (Lipinski definition) is 2. The zero-order chi connectivity index (χ0) is 7.84. The summed E-state index contributed by atoms with van der Waals surface area (Å²) in [5.41, 5.74) is 0. The third-order valence-corrected chi connectivity index (χ3v) is 3.05. The first-order valence-electron chi connectivity index (χ1n) is 2.97. The number of pyridine rings is 1. The van der Waals surface area contributed by atoms with Crippen molar-refractivity contribution in [2.24, 2.45) is 0 Å². The van der Waals surface area contributed by atoms with Gasteiger partial charge in [-0.2, -0.15) is 0 Å². The minimum atomic E-state index is 0.527. The van der Waals surface area contributed by atoms with Crippen molar-refractivity contribution in [3.05, 3.63) is 27.8 Å². The number of hydrogen-bond donors (Lipinski definition) is 0. The van der Waals surface area contributed by atoms with Gasteiger partial charge in [0, 0.05) is 6.20 Å². The van der Waals surface area contributed by atoms with E-state index in [1.807, 2.05) is 12.1 Å². The van der Waals surface area contributed by atoms with Crippen LogP contribution in [0.4, 0.5) is 0 Å². The first kappa shape index (κ1) is 7.35. The third kappa shape index (κ3) is 1.22. The van der Waals surface area contributed by atoms with Crippen LogP contribution in [0.3, 0.4) is 0 Å². The van der Waals surface area contributed by atoms with Crippen LogP contribution in [0.25, 0.3) is 10.1 Å². The van der Waals surface area contributed by atoms with Crippen molar-refractivity contribution < 1.29 is 0 Å². The smallest absolute Gasteiger partial charge is 0.146 e. The molecule has 0 radical (unpaired) electrons. The van der Waals surface area contributed by atoms with E-state index in [0.717, 1.165) is 14.4 Å². The van der Waals surface area contributed by atoms with E-state index in [4.69, 9.17) is 23.2 Å². The molecule has 0 fully saturated rings. The van der Waals surface area contributed by atoms with Crippen LogP contribution in [0.5, 0.6) is 0 Å². The molecule has 0 unspecified atom stereocenters. The summed E-state index contributed by atoms with van der Waals surface area (Å²) in [6.07, 6.45) is 1.67. The molecule has 2 heterocycles. The van der Waals surface area contributed by atoms with Crippen LogP contribution in [0.1, 0.15) is 0 Å². The lowest BCUT2D eigenvalue weighted by Crippen LogP contribution is -1.70. The van der Waals surface area contributed by atoms with Gasteiger partial charge in [-0.1, -0.05) is 23.2 Å². The second-order valence-corrected chi connectivity index (χ2v) is 4.11. The van der Waals surface area contributed by atoms with E-state index in [1.165, 1.54) is 11.3 Å². The lowest BCUT2D eigenvalue weighted by Gasteiger charge is -1.88. The fourth-order valence-corrected chi connectivity index (χ4v) is 2.29. The molecular weight excluding hydrogens is 201 g/mol. The van der Waals surface area contributed by atoms with E-state index >= 15 is 0 Å². The molecule has 2 aromatic heterocycles. The minimum absolute atomic E-state index is 0.527. The van der Waals surface area contributed by atoms with E-state index in [2.05, 4.69) is 4.98 Å². The maximum Gasteiger partial charge on any atom is 0.146 e. The highest BCUT2D eigenvalue weighted by Gasteiger charge is 2.02. The van der Waals surface area contributed by atoms with Crippen LogP contribution in [-0.4, -0.2) is 4.98 Å². The third-order valence-electron chi connectivity index (χ3n) is 1.36. The van der Waals surface area contributed by atoms with Crippen LogP contribution < -0.4 is 0 Å². The Morgan fingerprint density at radius 1 is 1.36 bits per heavy atom. The molecule has 0 saturated heterocycles. The highest BCUT2D eigenvalue weighted by atomic mass is 35.5. The number of thiophene rings is 1. The average Bonchev–Trinajstić information content (AvgIpc) is 2.31. The van der Waals surface area contributed by atoms with E-state index < -0.39 is 0 Å². The molecule has 2 rings (SSSR count). The number of aromatic nitrogens is 1. The molecule has 0 amide bonds. The summed E-state index contributed by atoms with van der Waals surface area (Å²) >= 11 is 13.0. The minimum Gasteiger partial charge on any atom is -0.243 e. The van der Waals surface area contributed by atoms with Crippen molar-refractivity contribution in [1.29, 1.82) is 0 Å². The Hall–Kier alpha value is -0.310. The van der Waals surface area contributed by atoms with Gasteiger partial charge in [0.05, 0.1) is 9.04 Å². The topological polar surface area (TPSA) is 12.9 Å². The highest BCUT2D eigenvalue weighted by Crippen LogP contribution is 2.32. The molecule has 1 nitrogen and oxygen atoms in total. The molecule has 0 bridgehead atoms. The molecule has 0 N–H and O–H groups in total. The number of nitrogens with zero attached hydrogens (tertiary/aromatic N) is 1. The van der Waals surface area contributed by atoms with Gasteiger partial charge in [-0.25, -0.2) is 4.98 Å². The maximum absolute atomic E-state index is 5.81. The average molecular weight is 204 g/mol.